The minimum atomic E-state index is -1.01. The molecule has 2 aromatic rings. The first-order valence-electron chi connectivity index (χ1n) is 8.00. The molecule has 0 heterocycles. The maximum absolute atomic E-state index is 11.7. The lowest BCUT2D eigenvalue weighted by atomic mass is 10.1. The number of carboxylic acids is 1. The van der Waals surface area contributed by atoms with E-state index in [0.717, 1.165) is 5.56 Å². The maximum atomic E-state index is 11.7. The van der Waals surface area contributed by atoms with Crippen molar-refractivity contribution >= 4 is 24.0 Å². The summed E-state index contributed by atoms with van der Waals surface area (Å²) in [6.07, 6.45) is 2.30. The Labute approximate surface area is 150 Å². The van der Waals surface area contributed by atoms with E-state index in [9.17, 15) is 14.4 Å². The molecule has 0 aliphatic heterocycles. The van der Waals surface area contributed by atoms with E-state index in [1.54, 1.807) is 12.1 Å². The van der Waals surface area contributed by atoms with E-state index in [1.165, 1.54) is 18.3 Å². The molecule has 0 saturated carbocycles. The lowest BCUT2D eigenvalue weighted by molar-refractivity contribution is -0.126. The first-order valence-corrected chi connectivity index (χ1v) is 8.00. The van der Waals surface area contributed by atoms with E-state index in [-0.39, 0.29) is 18.0 Å². The number of rotatable bonds is 8. The first kappa shape index (κ1) is 18.9. The Morgan fingerprint density at radius 1 is 0.962 bits per heavy atom. The van der Waals surface area contributed by atoms with E-state index >= 15 is 0 Å². The molecule has 0 radical (unpaired) electrons. The van der Waals surface area contributed by atoms with Gasteiger partial charge >= 0.3 is 5.97 Å². The number of aryl methyl sites for hydroxylation is 1. The Hall–Kier alpha value is -3.48. The molecule has 26 heavy (non-hydrogen) atoms. The van der Waals surface area contributed by atoms with E-state index in [1.807, 2.05) is 30.3 Å². The van der Waals surface area contributed by atoms with Gasteiger partial charge in [0.05, 0.1) is 18.3 Å². The third-order valence-electron chi connectivity index (χ3n) is 3.49. The molecule has 2 aromatic carbocycles. The van der Waals surface area contributed by atoms with Gasteiger partial charge < -0.3 is 10.4 Å². The molecule has 7 nitrogen and oxygen atoms in total. The Morgan fingerprint density at radius 2 is 1.65 bits per heavy atom. The highest BCUT2D eigenvalue weighted by Gasteiger charge is 2.05. The van der Waals surface area contributed by atoms with Crippen LogP contribution in [0.15, 0.2) is 59.7 Å². The second kappa shape index (κ2) is 9.73. The molecular formula is C19H19N3O4. The van der Waals surface area contributed by atoms with Crippen molar-refractivity contribution in [2.75, 3.05) is 6.54 Å². The van der Waals surface area contributed by atoms with Crippen molar-refractivity contribution in [1.29, 1.82) is 0 Å². The number of carbonyl (C=O) groups is 3. The average molecular weight is 353 g/mol. The van der Waals surface area contributed by atoms with Crippen LogP contribution in [0.4, 0.5) is 0 Å². The number of carbonyl (C=O) groups excluding carboxylic acids is 2. The molecule has 0 aliphatic carbocycles. The van der Waals surface area contributed by atoms with Crippen molar-refractivity contribution in [3.63, 3.8) is 0 Å². The first-order chi connectivity index (χ1) is 12.5. The van der Waals surface area contributed by atoms with E-state index in [4.69, 9.17) is 5.11 Å². The normalized spacial score (nSPS) is 10.5. The third-order valence-corrected chi connectivity index (χ3v) is 3.49. The van der Waals surface area contributed by atoms with Gasteiger partial charge in [0.2, 0.25) is 5.91 Å². The van der Waals surface area contributed by atoms with Crippen LogP contribution < -0.4 is 10.7 Å². The number of nitrogens with one attached hydrogen (secondary N) is 2. The summed E-state index contributed by atoms with van der Waals surface area (Å²) in [6.45, 7) is -0.164. The third kappa shape index (κ3) is 6.56. The lowest BCUT2D eigenvalue weighted by Gasteiger charge is -2.04. The van der Waals surface area contributed by atoms with Crippen molar-refractivity contribution in [2.24, 2.45) is 5.10 Å². The predicted molar refractivity (Wildman–Crippen MR) is 96.9 cm³/mol. The molecule has 0 bridgehead atoms. The topological polar surface area (TPSA) is 108 Å². The molecule has 7 heteroatoms. The van der Waals surface area contributed by atoms with E-state index in [0.29, 0.717) is 18.4 Å². The van der Waals surface area contributed by atoms with Gasteiger partial charge in [-0.25, -0.2) is 10.2 Å². The van der Waals surface area contributed by atoms with Gasteiger partial charge in [0.1, 0.15) is 0 Å². The summed E-state index contributed by atoms with van der Waals surface area (Å²) in [5.74, 6) is -1.67. The molecular weight excluding hydrogens is 334 g/mol. The van der Waals surface area contributed by atoms with E-state index in [2.05, 4.69) is 15.8 Å². The molecule has 0 spiro atoms. The Kier molecular flexibility index (Phi) is 7.05. The number of amides is 2. The van der Waals surface area contributed by atoms with Crippen LogP contribution in [0.2, 0.25) is 0 Å². The van der Waals surface area contributed by atoms with Crippen LogP contribution in [-0.2, 0) is 16.0 Å². The van der Waals surface area contributed by atoms with Crippen molar-refractivity contribution in [2.45, 2.75) is 12.8 Å². The number of carboxylic acid groups (broad SMARTS) is 1. The average Bonchev–Trinajstić information content (AvgIpc) is 2.66. The summed E-state index contributed by atoms with van der Waals surface area (Å²) in [5.41, 5.74) is 4.17. The number of aromatic carboxylic acids is 1. The minimum Gasteiger partial charge on any atom is -0.478 e. The smallest absolute Gasteiger partial charge is 0.335 e. The summed E-state index contributed by atoms with van der Waals surface area (Å²) >= 11 is 0. The highest BCUT2D eigenvalue weighted by Crippen LogP contribution is 2.02. The number of nitrogens with zero attached hydrogens (tertiary/aromatic N) is 1. The number of hydrogen-bond acceptors (Lipinski definition) is 4. The fraction of sp³-hybridized carbons (Fsp3) is 0.158. The SMILES string of the molecule is O=C(CCc1ccccc1)NCC(=O)N/N=C/c1ccc(C(=O)O)cc1. The summed E-state index contributed by atoms with van der Waals surface area (Å²) in [5, 5.41) is 15.1. The lowest BCUT2D eigenvalue weighted by Crippen LogP contribution is -2.35. The zero-order valence-electron chi connectivity index (χ0n) is 14.0. The Morgan fingerprint density at radius 3 is 2.31 bits per heavy atom. The highest BCUT2D eigenvalue weighted by atomic mass is 16.4. The van der Waals surface area contributed by atoms with Crippen molar-refractivity contribution in [1.82, 2.24) is 10.7 Å². The standard InChI is InChI=1S/C19H19N3O4/c23-17(11-8-14-4-2-1-3-5-14)20-13-18(24)22-21-12-15-6-9-16(10-7-15)19(25)26/h1-7,9-10,12H,8,11,13H2,(H,20,23)(H,22,24)(H,25,26)/b21-12+. The Balaban J connectivity index is 1.68. The predicted octanol–water partition coefficient (Wildman–Crippen LogP) is 1.58. The number of benzene rings is 2. The summed E-state index contributed by atoms with van der Waals surface area (Å²) in [7, 11) is 0. The van der Waals surface area contributed by atoms with Gasteiger partial charge in [-0.2, -0.15) is 5.10 Å². The molecule has 0 saturated heterocycles. The van der Waals surface area contributed by atoms with Crippen molar-refractivity contribution < 1.29 is 19.5 Å². The molecule has 0 atom stereocenters. The highest BCUT2D eigenvalue weighted by molar-refractivity contribution is 5.89. The van der Waals surface area contributed by atoms with Gasteiger partial charge in [0.15, 0.2) is 0 Å². The molecule has 0 aromatic heterocycles. The van der Waals surface area contributed by atoms with Crippen molar-refractivity contribution in [3.05, 3.63) is 71.3 Å². The van der Waals surface area contributed by atoms with Gasteiger partial charge in [-0.15, -0.1) is 0 Å². The monoisotopic (exact) mass is 353 g/mol. The zero-order valence-corrected chi connectivity index (χ0v) is 14.0. The van der Waals surface area contributed by atoms with Crippen LogP contribution in [0.5, 0.6) is 0 Å². The van der Waals surface area contributed by atoms with Crippen LogP contribution in [0.25, 0.3) is 0 Å². The molecule has 0 fully saturated rings. The summed E-state index contributed by atoms with van der Waals surface area (Å²) in [6, 6.07) is 15.7. The molecule has 2 amide bonds. The van der Waals surface area contributed by atoms with Crippen LogP contribution in [-0.4, -0.2) is 35.6 Å². The van der Waals surface area contributed by atoms with Crippen LogP contribution in [0, 0.1) is 0 Å². The van der Waals surface area contributed by atoms with Crippen molar-refractivity contribution in [3.8, 4) is 0 Å². The molecule has 0 aliphatic rings. The zero-order chi connectivity index (χ0) is 18.8. The second-order valence-corrected chi connectivity index (χ2v) is 5.48. The molecule has 134 valence electrons. The van der Waals surface area contributed by atoms with Gasteiger partial charge in [0.25, 0.3) is 5.91 Å². The van der Waals surface area contributed by atoms with Gasteiger partial charge in [-0.3, -0.25) is 9.59 Å². The van der Waals surface area contributed by atoms with Gasteiger partial charge in [-0.05, 0) is 29.7 Å². The number of hydrazone groups is 1. The minimum absolute atomic E-state index is 0.164. The molecule has 2 rings (SSSR count). The van der Waals surface area contributed by atoms with Gasteiger partial charge in [0, 0.05) is 6.42 Å². The second-order valence-electron chi connectivity index (χ2n) is 5.48. The largest absolute Gasteiger partial charge is 0.478 e. The van der Waals surface area contributed by atoms with Crippen LogP contribution >= 0.6 is 0 Å². The van der Waals surface area contributed by atoms with Gasteiger partial charge in [-0.1, -0.05) is 42.5 Å². The Bertz CT molecular complexity index is 786. The summed E-state index contributed by atoms with van der Waals surface area (Å²) < 4.78 is 0. The van der Waals surface area contributed by atoms with Crippen LogP contribution in [0.1, 0.15) is 27.9 Å². The fourth-order valence-electron chi connectivity index (χ4n) is 2.10. The maximum Gasteiger partial charge on any atom is 0.335 e. The quantitative estimate of drug-likeness (QED) is 0.495. The fourth-order valence-corrected chi connectivity index (χ4v) is 2.10. The number of hydrogen-bond donors (Lipinski definition) is 3. The summed E-state index contributed by atoms with van der Waals surface area (Å²) in [4.78, 5) is 34.1. The van der Waals surface area contributed by atoms with E-state index < -0.39 is 11.9 Å². The van der Waals surface area contributed by atoms with Crippen LogP contribution in [0.3, 0.4) is 0 Å². The molecule has 0 unspecified atom stereocenters. The molecule has 3 N–H and O–H groups in total.